The van der Waals surface area contributed by atoms with Crippen LogP contribution in [0.4, 0.5) is 16.2 Å². The van der Waals surface area contributed by atoms with Crippen molar-refractivity contribution in [3.05, 3.63) is 42.2 Å². The molecule has 2 amide bonds. The molecule has 3 rings (SSSR count). The number of nitrogens with zero attached hydrogens (tertiary/aromatic N) is 1. The van der Waals surface area contributed by atoms with Gasteiger partial charge in [0.25, 0.3) is 0 Å². The van der Waals surface area contributed by atoms with Crippen molar-refractivity contribution in [2.75, 3.05) is 10.6 Å². The normalized spacial score (nSPS) is 20.5. The molecule has 128 valence electrons. The van der Waals surface area contributed by atoms with Gasteiger partial charge in [-0.15, -0.1) is 0 Å². The predicted octanol–water partition coefficient (Wildman–Crippen LogP) is 4.15. The number of hydrogen-bond acceptors (Lipinski definition) is 3. The summed E-state index contributed by atoms with van der Waals surface area (Å²) in [7, 11) is 0. The molecule has 0 aliphatic heterocycles. The van der Waals surface area contributed by atoms with Crippen LogP contribution >= 0.6 is 0 Å². The summed E-state index contributed by atoms with van der Waals surface area (Å²) in [6, 6.07) is 7.46. The summed E-state index contributed by atoms with van der Waals surface area (Å²) >= 11 is 0. The Labute approximate surface area is 142 Å². The van der Waals surface area contributed by atoms with Crippen molar-refractivity contribution in [3.8, 4) is 0 Å². The first-order valence-corrected chi connectivity index (χ1v) is 8.46. The molecule has 0 unspecified atom stereocenters. The van der Waals surface area contributed by atoms with Crippen molar-refractivity contribution in [3.63, 3.8) is 0 Å². The molecule has 6 nitrogen and oxygen atoms in total. The average molecular weight is 328 g/mol. The van der Waals surface area contributed by atoms with Crippen LogP contribution in [0.3, 0.4) is 0 Å². The molecule has 24 heavy (non-hydrogen) atoms. The first kappa shape index (κ1) is 16.5. The molecule has 1 aromatic carbocycles. The van der Waals surface area contributed by atoms with Gasteiger partial charge in [-0.2, -0.15) is 5.10 Å². The average Bonchev–Trinajstić information content (AvgIpc) is 3.06. The van der Waals surface area contributed by atoms with Gasteiger partial charge in [-0.05, 0) is 36.5 Å². The fourth-order valence-electron chi connectivity index (χ4n) is 3.10. The number of amides is 2. The SMILES string of the molecule is C[C@@H]1CCC[C@@H](OCc2cccc(NC(=O)Nc3cn[nH]c3)c2)C1. The van der Waals surface area contributed by atoms with Gasteiger partial charge in [-0.25, -0.2) is 4.79 Å². The Balaban J connectivity index is 1.51. The van der Waals surface area contributed by atoms with Gasteiger partial charge >= 0.3 is 6.03 Å². The third-order valence-electron chi connectivity index (χ3n) is 4.31. The quantitative estimate of drug-likeness (QED) is 0.771. The van der Waals surface area contributed by atoms with Crippen LogP contribution in [0.2, 0.25) is 0 Å². The molecule has 3 N–H and O–H groups in total. The number of anilines is 2. The smallest absolute Gasteiger partial charge is 0.323 e. The zero-order valence-electron chi connectivity index (χ0n) is 13.9. The van der Waals surface area contributed by atoms with Crippen LogP contribution in [-0.4, -0.2) is 22.3 Å². The summed E-state index contributed by atoms with van der Waals surface area (Å²) in [6.45, 7) is 2.87. The Morgan fingerprint density at radius 1 is 1.33 bits per heavy atom. The lowest BCUT2D eigenvalue weighted by Gasteiger charge is -2.26. The molecular weight excluding hydrogens is 304 g/mol. The summed E-state index contributed by atoms with van der Waals surface area (Å²) < 4.78 is 6.04. The van der Waals surface area contributed by atoms with Crippen molar-refractivity contribution < 1.29 is 9.53 Å². The lowest BCUT2D eigenvalue weighted by Crippen LogP contribution is -2.21. The number of carbonyl (C=O) groups excluding carboxylic acids is 1. The number of aromatic nitrogens is 2. The second-order valence-corrected chi connectivity index (χ2v) is 6.47. The highest BCUT2D eigenvalue weighted by Gasteiger charge is 2.19. The molecule has 1 aromatic heterocycles. The van der Waals surface area contributed by atoms with Gasteiger partial charge in [0.05, 0.1) is 24.6 Å². The molecule has 0 bridgehead atoms. The number of hydrogen-bond donors (Lipinski definition) is 3. The maximum Gasteiger partial charge on any atom is 0.323 e. The Bertz CT molecular complexity index is 657. The van der Waals surface area contributed by atoms with E-state index in [0.29, 0.717) is 18.4 Å². The van der Waals surface area contributed by atoms with E-state index in [9.17, 15) is 4.79 Å². The van der Waals surface area contributed by atoms with Crippen molar-refractivity contribution in [2.45, 2.75) is 45.3 Å². The van der Waals surface area contributed by atoms with Crippen LogP contribution in [0.5, 0.6) is 0 Å². The monoisotopic (exact) mass is 328 g/mol. The van der Waals surface area contributed by atoms with E-state index >= 15 is 0 Å². The predicted molar refractivity (Wildman–Crippen MR) is 93.9 cm³/mol. The van der Waals surface area contributed by atoms with Gasteiger partial charge in [0.2, 0.25) is 0 Å². The van der Waals surface area contributed by atoms with E-state index in [2.05, 4.69) is 27.8 Å². The molecule has 2 atom stereocenters. The topological polar surface area (TPSA) is 79.0 Å². The zero-order valence-corrected chi connectivity index (χ0v) is 13.9. The molecule has 0 spiro atoms. The Morgan fingerprint density at radius 3 is 3.00 bits per heavy atom. The van der Waals surface area contributed by atoms with Gasteiger partial charge < -0.3 is 15.4 Å². The van der Waals surface area contributed by atoms with Crippen LogP contribution in [0.1, 0.15) is 38.2 Å². The molecular formula is C18H24N4O2. The number of benzene rings is 1. The minimum Gasteiger partial charge on any atom is -0.374 e. The fourth-order valence-corrected chi connectivity index (χ4v) is 3.10. The largest absolute Gasteiger partial charge is 0.374 e. The number of H-pyrrole nitrogens is 1. The third-order valence-corrected chi connectivity index (χ3v) is 4.31. The molecule has 1 fully saturated rings. The van der Waals surface area contributed by atoms with Gasteiger partial charge in [0.15, 0.2) is 0 Å². The number of urea groups is 1. The van der Waals surface area contributed by atoms with Gasteiger partial charge in [0, 0.05) is 11.9 Å². The van der Waals surface area contributed by atoms with Crippen molar-refractivity contribution >= 4 is 17.4 Å². The fraction of sp³-hybridized carbons (Fsp3) is 0.444. The highest BCUT2D eigenvalue weighted by Crippen LogP contribution is 2.26. The number of ether oxygens (including phenoxy) is 1. The van der Waals surface area contributed by atoms with Crippen LogP contribution in [0.15, 0.2) is 36.7 Å². The highest BCUT2D eigenvalue weighted by molar-refractivity contribution is 5.99. The minimum absolute atomic E-state index is 0.296. The zero-order chi connectivity index (χ0) is 16.8. The second kappa shape index (κ2) is 7.97. The van der Waals surface area contributed by atoms with Crippen LogP contribution in [-0.2, 0) is 11.3 Å². The number of rotatable bonds is 5. The van der Waals surface area contributed by atoms with E-state index in [4.69, 9.17) is 4.74 Å². The summed E-state index contributed by atoms with van der Waals surface area (Å²) in [6.07, 6.45) is 8.38. The lowest BCUT2D eigenvalue weighted by atomic mass is 9.89. The molecule has 6 heteroatoms. The van der Waals surface area contributed by atoms with E-state index < -0.39 is 0 Å². The molecule has 1 aliphatic rings. The van der Waals surface area contributed by atoms with Crippen molar-refractivity contribution in [1.82, 2.24) is 10.2 Å². The van der Waals surface area contributed by atoms with Gasteiger partial charge in [-0.3, -0.25) is 5.10 Å². The number of carbonyl (C=O) groups is 1. The summed E-state index contributed by atoms with van der Waals surface area (Å²) in [5.41, 5.74) is 2.43. The summed E-state index contributed by atoms with van der Waals surface area (Å²) in [5.74, 6) is 0.753. The van der Waals surface area contributed by atoms with Gasteiger partial charge in [0.1, 0.15) is 0 Å². The Kier molecular flexibility index (Phi) is 5.48. The van der Waals surface area contributed by atoms with Gasteiger partial charge in [-0.1, -0.05) is 31.9 Å². The number of nitrogens with one attached hydrogen (secondary N) is 3. The van der Waals surface area contributed by atoms with E-state index in [1.165, 1.54) is 12.8 Å². The van der Waals surface area contributed by atoms with E-state index in [1.54, 1.807) is 12.4 Å². The first-order valence-electron chi connectivity index (χ1n) is 8.46. The molecule has 1 aliphatic carbocycles. The first-order chi connectivity index (χ1) is 11.7. The minimum atomic E-state index is -0.296. The molecule has 2 aromatic rings. The maximum atomic E-state index is 11.9. The number of aromatic amines is 1. The van der Waals surface area contributed by atoms with E-state index in [1.807, 2.05) is 24.3 Å². The lowest BCUT2D eigenvalue weighted by molar-refractivity contribution is 0.00468. The third kappa shape index (κ3) is 4.83. The van der Waals surface area contributed by atoms with E-state index in [0.717, 1.165) is 30.0 Å². The molecule has 1 saturated carbocycles. The van der Waals surface area contributed by atoms with Crippen molar-refractivity contribution in [2.24, 2.45) is 5.92 Å². The Morgan fingerprint density at radius 2 is 2.21 bits per heavy atom. The molecule has 1 heterocycles. The van der Waals surface area contributed by atoms with Crippen LogP contribution in [0.25, 0.3) is 0 Å². The summed E-state index contributed by atoms with van der Waals surface area (Å²) in [5, 5.41) is 12.0. The molecule has 0 saturated heterocycles. The van der Waals surface area contributed by atoms with Crippen LogP contribution in [0, 0.1) is 5.92 Å². The Hall–Kier alpha value is -2.34. The van der Waals surface area contributed by atoms with E-state index in [-0.39, 0.29) is 6.03 Å². The van der Waals surface area contributed by atoms with Crippen molar-refractivity contribution in [1.29, 1.82) is 0 Å². The standard InChI is InChI=1S/C18H24N4O2/c1-13-4-2-7-17(8-13)24-12-14-5-3-6-15(9-14)21-18(23)22-16-10-19-20-11-16/h3,5-6,9-11,13,17H,2,4,7-8,12H2,1H3,(H,19,20)(H2,21,22,23)/t13-,17-/m1/s1. The maximum absolute atomic E-state index is 11.9. The second-order valence-electron chi connectivity index (χ2n) is 6.47. The summed E-state index contributed by atoms with van der Waals surface area (Å²) in [4.78, 5) is 11.9. The van der Waals surface area contributed by atoms with Crippen LogP contribution < -0.4 is 10.6 Å². The highest BCUT2D eigenvalue weighted by atomic mass is 16.5. The molecule has 0 radical (unpaired) electrons.